The van der Waals surface area contributed by atoms with Crippen molar-refractivity contribution in [3.05, 3.63) is 35.9 Å². The smallest absolute Gasteiger partial charge is 0.220 e. The molecular formula is C18H27NOS2. The van der Waals surface area contributed by atoms with Crippen LogP contribution in [0.15, 0.2) is 30.3 Å². The molecule has 4 heteroatoms. The van der Waals surface area contributed by atoms with Crippen LogP contribution in [-0.4, -0.2) is 29.2 Å². The number of hydrogen-bond donors (Lipinski definition) is 1. The maximum atomic E-state index is 11.8. The average Bonchev–Trinajstić information content (AvgIpc) is 2.57. The number of benzene rings is 1. The number of rotatable bonds is 9. The standard InChI is InChI=1S/C18H27NOS2/c20-18(11-13-21-15-16-7-3-1-4-8-16)19-12-14-22-17-9-5-2-6-10-17/h1,3-4,7-8,17H,2,5-6,9-15H2,(H,19,20). The summed E-state index contributed by atoms with van der Waals surface area (Å²) in [5, 5.41) is 3.89. The predicted molar refractivity (Wildman–Crippen MR) is 99.6 cm³/mol. The Bertz CT molecular complexity index is 418. The third-order valence-electron chi connectivity index (χ3n) is 3.91. The maximum Gasteiger partial charge on any atom is 0.220 e. The zero-order valence-corrected chi connectivity index (χ0v) is 14.9. The SMILES string of the molecule is O=C(CCSCc1ccccc1)NCCSC1CCCCC1. The zero-order valence-electron chi connectivity index (χ0n) is 13.3. The molecule has 0 radical (unpaired) electrons. The van der Waals surface area contributed by atoms with Gasteiger partial charge in [0, 0.05) is 35.5 Å². The van der Waals surface area contributed by atoms with E-state index in [1.165, 1.54) is 37.7 Å². The highest BCUT2D eigenvalue weighted by atomic mass is 32.2. The van der Waals surface area contributed by atoms with Crippen molar-refractivity contribution in [2.24, 2.45) is 0 Å². The summed E-state index contributed by atoms with van der Waals surface area (Å²) in [5.41, 5.74) is 1.33. The molecular weight excluding hydrogens is 310 g/mol. The van der Waals surface area contributed by atoms with Crippen LogP contribution in [0.2, 0.25) is 0 Å². The highest BCUT2D eigenvalue weighted by molar-refractivity contribution is 7.99. The second-order valence-electron chi connectivity index (χ2n) is 5.77. The molecule has 22 heavy (non-hydrogen) atoms. The molecule has 0 heterocycles. The first-order valence-electron chi connectivity index (χ1n) is 8.34. The van der Waals surface area contributed by atoms with Crippen molar-refractivity contribution in [1.29, 1.82) is 0 Å². The third-order valence-corrected chi connectivity index (χ3v) is 6.33. The van der Waals surface area contributed by atoms with Crippen molar-refractivity contribution in [1.82, 2.24) is 5.32 Å². The fraction of sp³-hybridized carbons (Fsp3) is 0.611. The van der Waals surface area contributed by atoms with E-state index in [2.05, 4.69) is 29.6 Å². The summed E-state index contributed by atoms with van der Waals surface area (Å²) in [6, 6.07) is 10.4. The number of carbonyl (C=O) groups is 1. The molecule has 2 rings (SSSR count). The minimum absolute atomic E-state index is 0.199. The summed E-state index contributed by atoms with van der Waals surface area (Å²) in [6.07, 6.45) is 7.56. The van der Waals surface area contributed by atoms with Gasteiger partial charge >= 0.3 is 0 Å². The van der Waals surface area contributed by atoms with E-state index < -0.39 is 0 Å². The van der Waals surface area contributed by atoms with Crippen molar-refractivity contribution in [2.45, 2.75) is 49.5 Å². The predicted octanol–water partition coefficient (Wildman–Crippen LogP) is 4.49. The average molecular weight is 338 g/mol. The molecule has 1 amide bonds. The lowest BCUT2D eigenvalue weighted by molar-refractivity contribution is -0.120. The molecule has 1 aliphatic rings. The highest BCUT2D eigenvalue weighted by Gasteiger charge is 2.13. The van der Waals surface area contributed by atoms with Crippen LogP contribution in [0.25, 0.3) is 0 Å². The highest BCUT2D eigenvalue weighted by Crippen LogP contribution is 2.27. The topological polar surface area (TPSA) is 29.1 Å². The molecule has 1 saturated carbocycles. The van der Waals surface area contributed by atoms with Gasteiger partial charge in [0.1, 0.15) is 0 Å². The number of amides is 1. The Balaban J connectivity index is 1.44. The van der Waals surface area contributed by atoms with Crippen LogP contribution < -0.4 is 5.32 Å². The Morgan fingerprint density at radius 3 is 2.64 bits per heavy atom. The lowest BCUT2D eigenvalue weighted by atomic mass is 10.0. The van der Waals surface area contributed by atoms with Crippen LogP contribution in [0.5, 0.6) is 0 Å². The van der Waals surface area contributed by atoms with Crippen LogP contribution in [0, 0.1) is 0 Å². The first kappa shape index (κ1) is 17.7. The van der Waals surface area contributed by atoms with Crippen LogP contribution in [-0.2, 0) is 10.5 Å². The quantitative estimate of drug-likeness (QED) is 0.673. The Labute approximate surface area is 143 Å². The van der Waals surface area contributed by atoms with Gasteiger partial charge in [-0.3, -0.25) is 4.79 Å². The molecule has 0 bridgehead atoms. The minimum Gasteiger partial charge on any atom is -0.355 e. The number of thioether (sulfide) groups is 2. The van der Waals surface area contributed by atoms with Gasteiger partial charge in [-0.05, 0) is 18.4 Å². The maximum absolute atomic E-state index is 11.8. The number of hydrogen-bond acceptors (Lipinski definition) is 3. The van der Waals surface area contributed by atoms with Crippen molar-refractivity contribution in [3.63, 3.8) is 0 Å². The van der Waals surface area contributed by atoms with Crippen LogP contribution in [0.4, 0.5) is 0 Å². The Morgan fingerprint density at radius 1 is 1.09 bits per heavy atom. The summed E-state index contributed by atoms with van der Waals surface area (Å²) < 4.78 is 0. The molecule has 122 valence electrons. The first-order valence-corrected chi connectivity index (χ1v) is 10.5. The molecule has 1 aliphatic carbocycles. The molecule has 1 aromatic rings. The lowest BCUT2D eigenvalue weighted by Crippen LogP contribution is -2.26. The van der Waals surface area contributed by atoms with Crippen molar-refractivity contribution in [2.75, 3.05) is 18.1 Å². The van der Waals surface area contributed by atoms with Crippen LogP contribution in [0.1, 0.15) is 44.1 Å². The van der Waals surface area contributed by atoms with Gasteiger partial charge in [0.15, 0.2) is 0 Å². The summed E-state index contributed by atoms with van der Waals surface area (Å²) in [5.74, 6) is 3.15. The summed E-state index contributed by atoms with van der Waals surface area (Å²) in [4.78, 5) is 11.8. The lowest BCUT2D eigenvalue weighted by Gasteiger charge is -2.20. The fourth-order valence-corrected chi connectivity index (χ4v) is 4.79. The molecule has 1 aromatic carbocycles. The van der Waals surface area contributed by atoms with Gasteiger partial charge in [-0.15, -0.1) is 0 Å². The molecule has 0 aromatic heterocycles. The van der Waals surface area contributed by atoms with Gasteiger partial charge in [0.25, 0.3) is 0 Å². The second-order valence-corrected chi connectivity index (χ2v) is 8.28. The third kappa shape index (κ3) is 7.59. The van der Waals surface area contributed by atoms with E-state index in [1.54, 1.807) is 0 Å². The Hall–Kier alpha value is -0.610. The second kappa shape index (κ2) is 11.0. The first-order chi connectivity index (χ1) is 10.8. The van der Waals surface area contributed by atoms with E-state index in [9.17, 15) is 4.79 Å². The normalized spacial score (nSPS) is 15.6. The van der Waals surface area contributed by atoms with Gasteiger partial charge in [0.05, 0.1) is 0 Å². The van der Waals surface area contributed by atoms with Gasteiger partial charge < -0.3 is 5.32 Å². The van der Waals surface area contributed by atoms with E-state index in [0.29, 0.717) is 6.42 Å². The molecule has 0 spiro atoms. The number of carbonyl (C=O) groups excluding carboxylic acids is 1. The molecule has 0 unspecified atom stereocenters. The van der Waals surface area contributed by atoms with Crippen molar-refractivity contribution < 1.29 is 4.79 Å². The molecule has 1 fully saturated rings. The van der Waals surface area contributed by atoms with Crippen molar-refractivity contribution >= 4 is 29.4 Å². The minimum atomic E-state index is 0.199. The van der Waals surface area contributed by atoms with Crippen molar-refractivity contribution in [3.8, 4) is 0 Å². The van der Waals surface area contributed by atoms with E-state index >= 15 is 0 Å². The van der Waals surface area contributed by atoms with E-state index in [1.807, 2.05) is 29.6 Å². The van der Waals surface area contributed by atoms with E-state index in [4.69, 9.17) is 0 Å². The van der Waals surface area contributed by atoms with E-state index in [0.717, 1.165) is 29.1 Å². The molecule has 0 saturated heterocycles. The van der Waals surface area contributed by atoms with Gasteiger partial charge in [-0.2, -0.15) is 23.5 Å². The zero-order chi connectivity index (χ0) is 15.5. The van der Waals surface area contributed by atoms with Crippen LogP contribution >= 0.6 is 23.5 Å². The number of nitrogens with one attached hydrogen (secondary N) is 1. The fourth-order valence-electron chi connectivity index (χ4n) is 2.67. The van der Waals surface area contributed by atoms with Gasteiger partial charge in [-0.25, -0.2) is 0 Å². The molecule has 0 atom stereocenters. The summed E-state index contributed by atoms with van der Waals surface area (Å²) >= 11 is 3.88. The Morgan fingerprint density at radius 2 is 1.86 bits per heavy atom. The van der Waals surface area contributed by atoms with Gasteiger partial charge in [0.2, 0.25) is 5.91 Å². The molecule has 0 aliphatic heterocycles. The summed E-state index contributed by atoms with van der Waals surface area (Å²) in [7, 11) is 0. The molecule has 2 nitrogen and oxygen atoms in total. The summed E-state index contributed by atoms with van der Waals surface area (Å²) in [6.45, 7) is 0.823. The van der Waals surface area contributed by atoms with E-state index in [-0.39, 0.29) is 5.91 Å². The molecule has 1 N–H and O–H groups in total. The Kier molecular flexibility index (Phi) is 8.88. The van der Waals surface area contributed by atoms with Crippen LogP contribution in [0.3, 0.4) is 0 Å². The monoisotopic (exact) mass is 337 g/mol. The largest absolute Gasteiger partial charge is 0.355 e. The van der Waals surface area contributed by atoms with Gasteiger partial charge in [-0.1, -0.05) is 49.6 Å².